The summed E-state index contributed by atoms with van der Waals surface area (Å²) in [5, 5.41) is 9.19. The Kier molecular flexibility index (Phi) is 3.14. The van der Waals surface area contributed by atoms with E-state index in [1.165, 1.54) is 12.4 Å². The van der Waals surface area contributed by atoms with Crippen molar-refractivity contribution in [3.8, 4) is 5.75 Å². The van der Waals surface area contributed by atoms with E-state index in [2.05, 4.69) is 24.8 Å². The van der Waals surface area contributed by atoms with Crippen LogP contribution in [-0.2, 0) is 0 Å². The van der Waals surface area contributed by atoms with Gasteiger partial charge < -0.3 is 14.9 Å². The van der Waals surface area contributed by atoms with Crippen molar-refractivity contribution in [3.63, 3.8) is 0 Å². The molecule has 1 aliphatic rings. The highest BCUT2D eigenvalue weighted by Crippen LogP contribution is 2.16. The second-order valence-corrected chi connectivity index (χ2v) is 4.40. The smallest absolute Gasteiger partial charge is 0.225 e. The molecule has 6 heteroatoms. The summed E-state index contributed by atoms with van der Waals surface area (Å²) >= 11 is 0. The molecule has 1 aliphatic heterocycles. The molecule has 0 aliphatic carbocycles. The lowest BCUT2D eigenvalue weighted by Gasteiger charge is -2.35. The van der Waals surface area contributed by atoms with E-state index in [-0.39, 0.29) is 5.75 Å². The lowest BCUT2D eigenvalue weighted by atomic mass is 10.3. The lowest BCUT2D eigenvalue weighted by Crippen LogP contribution is -2.47. The molecule has 0 spiro atoms. The minimum absolute atomic E-state index is 0.0934. The van der Waals surface area contributed by atoms with Gasteiger partial charge in [0.15, 0.2) is 5.75 Å². The zero-order valence-corrected chi connectivity index (χ0v) is 10.5. The number of anilines is 2. The zero-order valence-electron chi connectivity index (χ0n) is 10.5. The van der Waals surface area contributed by atoms with Crippen LogP contribution < -0.4 is 9.80 Å². The molecule has 98 valence electrons. The first kappa shape index (κ1) is 11.7. The topological polar surface area (TPSA) is 65.4 Å². The van der Waals surface area contributed by atoms with Gasteiger partial charge >= 0.3 is 0 Å². The molecule has 0 unspecified atom stereocenters. The molecule has 2 aromatic rings. The van der Waals surface area contributed by atoms with Gasteiger partial charge in [0.05, 0.1) is 12.4 Å². The molecule has 3 heterocycles. The second-order valence-electron chi connectivity index (χ2n) is 4.40. The fourth-order valence-corrected chi connectivity index (χ4v) is 2.15. The highest BCUT2D eigenvalue weighted by molar-refractivity contribution is 5.42. The van der Waals surface area contributed by atoms with Crippen molar-refractivity contribution in [1.82, 2.24) is 15.0 Å². The average molecular weight is 257 g/mol. The van der Waals surface area contributed by atoms with Gasteiger partial charge in [-0.1, -0.05) is 6.07 Å². The Hall–Kier alpha value is -2.37. The van der Waals surface area contributed by atoms with Crippen molar-refractivity contribution in [2.24, 2.45) is 0 Å². The van der Waals surface area contributed by atoms with Crippen molar-refractivity contribution in [1.29, 1.82) is 0 Å². The standard InChI is InChI=1S/C13H15N5O/c19-11-9-15-13(16-10-11)18-7-5-17(6-8-18)12-3-1-2-4-14-12/h1-4,9-10,19H,5-8H2. The van der Waals surface area contributed by atoms with Crippen LogP contribution in [0.25, 0.3) is 0 Å². The Balaban J connectivity index is 1.65. The van der Waals surface area contributed by atoms with Gasteiger partial charge in [0.25, 0.3) is 0 Å². The summed E-state index contributed by atoms with van der Waals surface area (Å²) in [5.74, 6) is 1.77. The molecular weight excluding hydrogens is 242 g/mol. The van der Waals surface area contributed by atoms with Crippen LogP contribution >= 0.6 is 0 Å². The lowest BCUT2D eigenvalue weighted by molar-refractivity contribution is 0.469. The fourth-order valence-electron chi connectivity index (χ4n) is 2.15. The molecule has 1 fully saturated rings. The van der Waals surface area contributed by atoms with Gasteiger partial charge in [0.2, 0.25) is 5.95 Å². The summed E-state index contributed by atoms with van der Waals surface area (Å²) in [5.41, 5.74) is 0. The van der Waals surface area contributed by atoms with Crippen LogP contribution in [-0.4, -0.2) is 46.2 Å². The van der Waals surface area contributed by atoms with Crippen molar-refractivity contribution >= 4 is 11.8 Å². The third-order valence-corrected chi connectivity index (χ3v) is 3.16. The summed E-state index contributed by atoms with van der Waals surface area (Å²) in [6.45, 7) is 3.48. The summed E-state index contributed by atoms with van der Waals surface area (Å²) < 4.78 is 0. The molecule has 0 aromatic carbocycles. The van der Waals surface area contributed by atoms with Gasteiger partial charge in [-0.05, 0) is 12.1 Å². The molecule has 0 amide bonds. The first-order valence-corrected chi connectivity index (χ1v) is 6.25. The zero-order chi connectivity index (χ0) is 13.1. The molecule has 1 saturated heterocycles. The van der Waals surface area contributed by atoms with Gasteiger partial charge in [-0.3, -0.25) is 0 Å². The first-order chi connectivity index (χ1) is 9.33. The molecule has 19 heavy (non-hydrogen) atoms. The van der Waals surface area contributed by atoms with E-state index in [1.807, 2.05) is 24.4 Å². The summed E-state index contributed by atoms with van der Waals surface area (Å²) in [6.07, 6.45) is 4.66. The van der Waals surface area contributed by atoms with E-state index in [1.54, 1.807) is 0 Å². The molecule has 6 nitrogen and oxygen atoms in total. The molecular formula is C13H15N5O. The normalized spacial score (nSPS) is 15.6. The predicted octanol–water partition coefficient (Wildman–Crippen LogP) is 0.904. The number of aromatic nitrogens is 3. The van der Waals surface area contributed by atoms with Crippen LogP contribution in [0.3, 0.4) is 0 Å². The number of piperazine rings is 1. The van der Waals surface area contributed by atoms with Gasteiger partial charge in [0.1, 0.15) is 5.82 Å². The van der Waals surface area contributed by atoms with Crippen molar-refractivity contribution in [2.75, 3.05) is 36.0 Å². The van der Waals surface area contributed by atoms with Gasteiger partial charge in [0, 0.05) is 32.4 Å². The Labute approximate surface area is 111 Å². The molecule has 2 aromatic heterocycles. The van der Waals surface area contributed by atoms with E-state index in [9.17, 15) is 5.11 Å². The minimum Gasteiger partial charge on any atom is -0.505 e. The summed E-state index contributed by atoms with van der Waals surface area (Å²) in [6, 6.07) is 5.94. The monoisotopic (exact) mass is 257 g/mol. The Morgan fingerprint density at radius 2 is 1.58 bits per heavy atom. The largest absolute Gasteiger partial charge is 0.505 e. The van der Waals surface area contributed by atoms with Gasteiger partial charge in [-0.25, -0.2) is 15.0 Å². The van der Waals surface area contributed by atoms with Crippen molar-refractivity contribution < 1.29 is 5.11 Å². The second kappa shape index (κ2) is 5.09. The number of rotatable bonds is 2. The molecule has 3 rings (SSSR count). The van der Waals surface area contributed by atoms with Crippen molar-refractivity contribution in [2.45, 2.75) is 0 Å². The van der Waals surface area contributed by atoms with Crippen LogP contribution in [0.15, 0.2) is 36.8 Å². The third-order valence-electron chi connectivity index (χ3n) is 3.16. The summed E-state index contributed by atoms with van der Waals surface area (Å²) in [4.78, 5) is 17.0. The van der Waals surface area contributed by atoms with Crippen LogP contribution in [0.4, 0.5) is 11.8 Å². The van der Waals surface area contributed by atoms with Crippen molar-refractivity contribution in [3.05, 3.63) is 36.8 Å². The SMILES string of the molecule is Oc1cnc(N2CCN(c3ccccn3)CC2)nc1. The number of hydrogen-bond acceptors (Lipinski definition) is 6. The van der Waals surface area contributed by atoms with E-state index in [4.69, 9.17) is 0 Å². The van der Waals surface area contributed by atoms with Crippen LogP contribution in [0.2, 0.25) is 0 Å². The molecule has 0 atom stereocenters. The average Bonchev–Trinajstić information content (AvgIpc) is 2.49. The van der Waals surface area contributed by atoms with E-state index in [0.717, 1.165) is 32.0 Å². The van der Waals surface area contributed by atoms with E-state index >= 15 is 0 Å². The number of pyridine rings is 1. The molecule has 0 bridgehead atoms. The van der Waals surface area contributed by atoms with E-state index < -0.39 is 0 Å². The molecule has 0 saturated carbocycles. The number of aromatic hydroxyl groups is 1. The quantitative estimate of drug-likeness (QED) is 0.862. The van der Waals surface area contributed by atoms with Crippen LogP contribution in [0.5, 0.6) is 5.75 Å². The first-order valence-electron chi connectivity index (χ1n) is 6.25. The summed E-state index contributed by atoms with van der Waals surface area (Å²) in [7, 11) is 0. The Morgan fingerprint density at radius 1 is 0.895 bits per heavy atom. The third kappa shape index (κ3) is 2.57. The van der Waals surface area contributed by atoms with Gasteiger partial charge in [-0.2, -0.15) is 0 Å². The number of nitrogens with zero attached hydrogens (tertiary/aromatic N) is 5. The number of hydrogen-bond donors (Lipinski definition) is 1. The molecule has 0 radical (unpaired) electrons. The molecule has 1 N–H and O–H groups in total. The Morgan fingerprint density at radius 3 is 2.21 bits per heavy atom. The van der Waals surface area contributed by atoms with Gasteiger partial charge in [-0.15, -0.1) is 0 Å². The minimum atomic E-state index is 0.0934. The van der Waals surface area contributed by atoms with Crippen LogP contribution in [0.1, 0.15) is 0 Å². The predicted molar refractivity (Wildman–Crippen MR) is 72.4 cm³/mol. The highest BCUT2D eigenvalue weighted by Gasteiger charge is 2.19. The maximum Gasteiger partial charge on any atom is 0.225 e. The fraction of sp³-hybridized carbons (Fsp3) is 0.308. The maximum atomic E-state index is 9.19. The van der Waals surface area contributed by atoms with E-state index in [0.29, 0.717) is 5.95 Å². The van der Waals surface area contributed by atoms with Crippen LogP contribution in [0, 0.1) is 0 Å². The highest BCUT2D eigenvalue weighted by atomic mass is 16.3. The Bertz CT molecular complexity index is 522. The maximum absolute atomic E-state index is 9.19.